The van der Waals surface area contributed by atoms with Crippen molar-refractivity contribution in [3.05, 3.63) is 95.0 Å². The number of benzene rings is 3. The summed E-state index contributed by atoms with van der Waals surface area (Å²) in [5, 5.41) is 3.48. The van der Waals surface area contributed by atoms with Crippen LogP contribution in [-0.2, 0) is 16.0 Å². The van der Waals surface area contributed by atoms with Gasteiger partial charge in [0.1, 0.15) is 11.9 Å². The van der Waals surface area contributed by atoms with E-state index in [1.165, 1.54) is 11.8 Å². The maximum atomic E-state index is 13.5. The summed E-state index contributed by atoms with van der Waals surface area (Å²) in [6.45, 7) is 1.94. The molecule has 2 amide bonds. The standard InChI is InChI=1S/C27H23ClN4O2S/c1-2-23(25(33)29-19-12-8-11-18(28)16-19)35-27-31-21-14-7-6-13-20(21)24-30-22(26(34)32(24)27)15-17-9-4-3-5-10-17/h3-14,16,22-23H,2,15H2,1H3,(H,29,33)/t22-,23-/m1/s1. The second-order valence-corrected chi connectivity index (χ2v) is 9.86. The molecule has 0 saturated carbocycles. The van der Waals surface area contributed by atoms with Gasteiger partial charge in [-0.05, 0) is 42.3 Å². The van der Waals surface area contributed by atoms with Crippen molar-refractivity contribution in [2.24, 2.45) is 9.98 Å². The summed E-state index contributed by atoms with van der Waals surface area (Å²) in [6.07, 6.45) is 1.06. The van der Waals surface area contributed by atoms with Crippen LogP contribution in [0.15, 0.2) is 88.8 Å². The Morgan fingerprint density at radius 1 is 1.09 bits per heavy atom. The van der Waals surface area contributed by atoms with Gasteiger partial charge in [0.2, 0.25) is 5.91 Å². The number of nitrogens with one attached hydrogen (secondary N) is 1. The lowest BCUT2D eigenvalue weighted by Gasteiger charge is -2.27. The summed E-state index contributed by atoms with van der Waals surface area (Å²) in [5.74, 6) is 0.288. The van der Waals surface area contributed by atoms with Gasteiger partial charge in [-0.2, -0.15) is 0 Å². The molecule has 35 heavy (non-hydrogen) atoms. The summed E-state index contributed by atoms with van der Waals surface area (Å²) in [6, 6.07) is 24.0. The van der Waals surface area contributed by atoms with Gasteiger partial charge in [0.15, 0.2) is 5.17 Å². The molecular weight excluding hydrogens is 480 g/mol. The molecule has 0 fully saturated rings. The lowest BCUT2D eigenvalue weighted by atomic mass is 10.1. The lowest BCUT2D eigenvalue weighted by molar-refractivity contribution is -0.124. The van der Waals surface area contributed by atoms with Crippen LogP contribution in [-0.4, -0.2) is 39.0 Å². The predicted molar refractivity (Wildman–Crippen MR) is 143 cm³/mol. The van der Waals surface area contributed by atoms with Gasteiger partial charge in [-0.3, -0.25) is 14.6 Å². The van der Waals surface area contributed by atoms with Crippen molar-refractivity contribution in [1.29, 1.82) is 0 Å². The van der Waals surface area contributed by atoms with Crippen LogP contribution in [0.5, 0.6) is 0 Å². The van der Waals surface area contributed by atoms with Crippen molar-refractivity contribution >= 4 is 57.6 Å². The van der Waals surface area contributed by atoms with Crippen molar-refractivity contribution in [3.8, 4) is 0 Å². The smallest absolute Gasteiger partial charge is 0.259 e. The van der Waals surface area contributed by atoms with Gasteiger partial charge in [0, 0.05) is 22.7 Å². The number of carbonyl (C=O) groups is 2. The first-order valence-corrected chi connectivity index (χ1v) is 12.7. The van der Waals surface area contributed by atoms with Crippen molar-refractivity contribution in [3.63, 3.8) is 0 Å². The third kappa shape index (κ3) is 4.88. The van der Waals surface area contributed by atoms with Crippen LogP contribution in [0.1, 0.15) is 24.5 Å². The SMILES string of the molecule is CC[C@@H](SC1=Nc2ccccc2C2=N[C@H](Cc3ccccc3)C(=O)N12)C(=O)Nc1cccc(Cl)c1. The highest BCUT2D eigenvalue weighted by Crippen LogP contribution is 2.36. The molecule has 0 aliphatic carbocycles. The maximum Gasteiger partial charge on any atom is 0.259 e. The first-order valence-electron chi connectivity index (χ1n) is 11.4. The number of fused-ring (bicyclic) bond motifs is 3. The molecule has 2 aliphatic rings. The summed E-state index contributed by atoms with van der Waals surface area (Å²) in [7, 11) is 0. The van der Waals surface area contributed by atoms with Gasteiger partial charge in [0.05, 0.1) is 10.9 Å². The number of para-hydroxylation sites is 1. The van der Waals surface area contributed by atoms with Gasteiger partial charge >= 0.3 is 0 Å². The van der Waals surface area contributed by atoms with E-state index >= 15 is 0 Å². The van der Waals surface area contributed by atoms with E-state index < -0.39 is 11.3 Å². The van der Waals surface area contributed by atoms with Crippen LogP contribution in [0.4, 0.5) is 11.4 Å². The zero-order valence-corrected chi connectivity index (χ0v) is 20.6. The quantitative estimate of drug-likeness (QED) is 0.470. The molecule has 1 N–H and O–H groups in total. The minimum atomic E-state index is -0.537. The molecular formula is C27H23ClN4O2S. The summed E-state index contributed by atoms with van der Waals surface area (Å²) >= 11 is 7.34. The molecule has 0 radical (unpaired) electrons. The minimum Gasteiger partial charge on any atom is -0.325 e. The number of aliphatic imine (C=N–C) groups is 2. The predicted octanol–water partition coefficient (Wildman–Crippen LogP) is 5.69. The third-order valence-corrected chi connectivity index (χ3v) is 7.37. The van der Waals surface area contributed by atoms with Crippen LogP contribution < -0.4 is 5.32 Å². The molecule has 0 saturated heterocycles. The van der Waals surface area contributed by atoms with E-state index in [2.05, 4.69) is 5.32 Å². The fraction of sp³-hybridized carbons (Fsp3) is 0.185. The molecule has 3 aromatic carbocycles. The van der Waals surface area contributed by atoms with Crippen molar-refractivity contribution in [2.75, 3.05) is 5.32 Å². The average molecular weight is 503 g/mol. The second-order valence-electron chi connectivity index (χ2n) is 8.26. The third-order valence-electron chi connectivity index (χ3n) is 5.82. The van der Waals surface area contributed by atoms with Crippen LogP contribution >= 0.6 is 23.4 Å². The normalized spacial score (nSPS) is 17.3. The molecule has 2 aliphatic heterocycles. The number of anilines is 1. The molecule has 0 aromatic heterocycles. The number of hydrogen-bond donors (Lipinski definition) is 1. The Morgan fingerprint density at radius 3 is 2.63 bits per heavy atom. The average Bonchev–Trinajstić information content (AvgIpc) is 3.19. The number of amidine groups is 2. The zero-order valence-electron chi connectivity index (χ0n) is 19.0. The van der Waals surface area contributed by atoms with E-state index in [0.29, 0.717) is 34.6 Å². The van der Waals surface area contributed by atoms with Gasteiger partial charge in [-0.1, -0.05) is 78.8 Å². The summed E-state index contributed by atoms with van der Waals surface area (Å²) in [5.41, 5.74) is 3.22. The van der Waals surface area contributed by atoms with E-state index in [0.717, 1.165) is 16.8 Å². The number of carbonyl (C=O) groups excluding carboxylic acids is 2. The molecule has 6 nitrogen and oxygen atoms in total. The van der Waals surface area contributed by atoms with Crippen LogP contribution in [0.2, 0.25) is 5.02 Å². The van der Waals surface area contributed by atoms with E-state index in [1.54, 1.807) is 29.2 Å². The summed E-state index contributed by atoms with van der Waals surface area (Å²) in [4.78, 5) is 37.8. The molecule has 3 aromatic rings. The van der Waals surface area contributed by atoms with Crippen molar-refractivity contribution < 1.29 is 9.59 Å². The maximum absolute atomic E-state index is 13.5. The second kappa shape index (κ2) is 10.1. The van der Waals surface area contributed by atoms with Gasteiger partial charge in [0.25, 0.3) is 5.91 Å². The largest absolute Gasteiger partial charge is 0.325 e. The van der Waals surface area contributed by atoms with Crippen LogP contribution in [0, 0.1) is 0 Å². The number of halogens is 1. The fourth-order valence-electron chi connectivity index (χ4n) is 4.09. The topological polar surface area (TPSA) is 74.1 Å². The Morgan fingerprint density at radius 2 is 1.86 bits per heavy atom. The molecule has 8 heteroatoms. The van der Waals surface area contributed by atoms with Gasteiger partial charge in [-0.25, -0.2) is 9.89 Å². The Bertz CT molecular complexity index is 1340. The molecule has 2 atom stereocenters. The zero-order chi connectivity index (χ0) is 24.4. The summed E-state index contributed by atoms with van der Waals surface area (Å²) < 4.78 is 0. The fourth-order valence-corrected chi connectivity index (χ4v) is 5.30. The Labute approximate surface area is 213 Å². The number of nitrogens with zero attached hydrogens (tertiary/aromatic N) is 3. The highest BCUT2D eigenvalue weighted by molar-refractivity contribution is 8.15. The number of hydrogen-bond acceptors (Lipinski definition) is 5. The van der Waals surface area contributed by atoms with E-state index in [9.17, 15) is 9.59 Å². The monoisotopic (exact) mass is 502 g/mol. The minimum absolute atomic E-state index is 0.130. The first-order chi connectivity index (χ1) is 17.0. The van der Waals surface area contributed by atoms with Crippen LogP contribution in [0.25, 0.3) is 0 Å². The molecule has 2 heterocycles. The van der Waals surface area contributed by atoms with Gasteiger partial charge in [-0.15, -0.1) is 0 Å². The molecule has 5 rings (SSSR count). The molecule has 0 spiro atoms. The van der Waals surface area contributed by atoms with E-state index in [-0.39, 0.29) is 11.8 Å². The van der Waals surface area contributed by atoms with E-state index in [1.807, 2.05) is 61.5 Å². The Hall–Kier alpha value is -3.42. The number of rotatable bonds is 6. The molecule has 176 valence electrons. The first kappa shape index (κ1) is 23.3. The molecule has 0 unspecified atom stereocenters. The highest BCUT2D eigenvalue weighted by Gasteiger charge is 2.42. The highest BCUT2D eigenvalue weighted by atomic mass is 35.5. The van der Waals surface area contributed by atoms with Crippen molar-refractivity contribution in [2.45, 2.75) is 31.1 Å². The van der Waals surface area contributed by atoms with E-state index in [4.69, 9.17) is 21.6 Å². The molecule has 0 bridgehead atoms. The Kier molecular flexibility index (Phi) is 6.70. The Balaban J connectivity index is 1.42. The lowest BCUT2D eigenvalue weighted by Crippen LogP contribution is -2.42. The number of amides is 2. The van der Waals surface area contributed by atoms with Crippen molar-refractivity contribution in [1.82, 2.24) is 4.90 Å². The van der Waals surface area contributed by atoms with Crippen LogP contribution in [0.3, 0.4) is 0 Å². The van der Waals surface area contributed by atoms with Gasteiger partial charge < -0.3 is 5.32 Å². The number of thioether (sulfide) groups is 1.